The van der Waals surface area contributed by atoms with Crippen LogP contribution in [0.4, 0.5) is 5.95 Å². The molecule has 0 radical (unpaired) electrons. The number of carbonyl (C=O) groups is 1. The molecule has 144 valence electrons. The Labute approximate surface area is 163 Å². The summed E-state index contributed by atoms with van der Waals surface area (Å²) in [7, 11) is 0. The van der Waals surface area contributed by atoms with Crippen LogP contribution in [0.3, 0.4) is 0 Å². The summed E-state index contributed by atoms with van der Waals surface area (Å²) in [4.78, 5) is 39.9. The molecule has 1 saturated heterocycles. The number of nitrogens with one attached hydrogen (secondary N) is 1. The second-order valence-corrected chi connectivity index (χ2v) is 7.12. The number of amides is 1. The lowest BCUT2D eigenvalue weighted by atomic mass is 10.1. The molecule has 7 heteroatoms. The molecule has 3 heterocycles. The van der Waals surface area contributed by atoms with Gasteiger partial charge in [-0.1, -0.05) is 12.1 Å². The molecule has 0 aliphatic carbocycles. The van der Waals surface area contributed by atoms with Crippen molar-refractivity contribution in [3.8, 4) is 0 Å². The number of nitrogens with zero attached hydrogens (tertiary/aromatic N) is 4. The van der Waals surface area contributed by atoms with E-state index >= 15 is 0 Å². The first-order valence-corrected chi connectivity index (χ1v) is 9.52. The molecule has 0 saturated carbocycles. The van der Waals surface area contributed by atoms with Gasteiger partial charge in [-0.3, -0.25) is 9.59 Å². The molecular weight excluding hydrogens is 354 g/mol. The molecule has 3 aromatic rings. The third kappa shape index (κ3) is 3.88. The topological polar surface area (TPSA) is 82.2 Å². The van der Waals surface area contributed by atoms with Crippen molar-refractivity contribution in [2.75, 3.05) is 31.1 Å². The number of rotatable bonds is 4. The lowest BCUT2D eigenvalue weighted by Gasteiger charge is -2.34. The summed E-state index contributed by atoms with van der Waals surface area (Å²) in [5.74, 6) is 0.876. The van der Waals surface area contributed by atoms with E-state index in [1.54, 1.807) is 25.4 Å². The number of H-pyrrole nitrogens is 1. The zero-order valence-electron chi connectivity index (χ0n) is 15.9. The summed E-state index contributed by atoms with van der Waals surface area (Å²) in [6.07, 6.45) is 4.59. The van der Waals surface area contributed by atoms with Gasteiger partial charge in [-0.2, -0.15) is 0 Å². The fourth-order valence-corrected chi connectivity index (χ4v) is 3.53. The van der Waals surface area contributed by atoms with Crippen molar-refractivity contribution in [1.29, 1.82) is 0 Å². The van der Waals surface area contributed by atoms with Gasteiger partial charge in [0.05, 0.1) is 0 Å². The highest BCUT2D eigenvalue weighted by Crippen LogP contribution is 2.16. The van der Waals surface area contributed by atoms with Gasteiger partial charge in [0.25, 0.3) is 5.56 Å². The maximum Gasteiger partial charge on any atom is 0.251 e. The zero-order chi connectivity index (χ0) is 19.5. The minimum absolute atomic E-state index is 0.0685. The van der Waals surface area contributed by atoms with E-state index < -0.39 is 0 Å². The van der Waals surface area contributed by atoms with Crippen LogP contribution in [0.25, 0.3) is 10.9 Å². The Balaban J connectivity index is 1.34. The standard InChI is InChI=1S/C21H23N5O2/c1-15-13-17-5-3-16(14-18(17)24-20(15)28)4-6-19(27)25-9-11-26(12-10-25)21-22-7-2-8-23-21/h2-3,5,7-8,13-14H,4,6,9-12H2,1H3,(H,24,28). The van der Waals surface area contributed by atoms with Gasteiger partial charge < -0.3 is 14.8 Å². The second-order valence-electron chi connectivity index (χ2n) is 7.12. The molecular formula is C21H23N5O2. The van der Waals surface area contributed by atoms with Crippen molar-refractivity contribution in [3.05, 3.63) is 64.2 Å². The summed E-state index contributed by atoms with van der Waals surface area (Å²) in [6, 6.07) is 9.68. The minimum atomic E-state index is -0.0685. The molecule has 1 aliphatic rings. The highest BCUT2D eigenvalue weighted by molar-refractivity contribution is 5.80. The molecule has 4 rings (SSSR count). The maximum atomic E-state index is 12.6. The molecule has 0 bridgehead atoms. The van der Waals surface area contributed by atoms with E-state index in [0.29, 0.717) is 31.5 Å². The fraction of sp³-hybridized carbons (Fsp3) is 0.333. The van der Waals surface area contributed by atoms with Crippen LogP contribution in [0.1, 0.15) is 17.5 Å². The minimum Gasteiger partial charge on any atom is -0.339 e. The molecule has 0 spiro atoms. The van der Waals surface area contributed by atoms with Gasteiger partial charge in [-0.05, 0) is 42.5 Å². The van der Waals surface area contributed by atoms with Crippen LogP contribution in [-0.4, -0.2) is 51.9 Å². The quantitative estimate of drug-likeness (QED) is 0.751. The number of hydrogen-bond acceptors (Lipinski definition) is 5. The van der Waals surface area contributed by atoms with E-state index in [-0.39, 0.29) is 11.5 Å². The van der Waals surface area contributed by atoms with Crippen molar-refractivity contribution in [2.45, 2.75) is 19.8 Å². The van der Waals surface area contributed by atoms with E-state index in [9.17, 15) is 9.59 Å². The Kier molecular flexibility index (Phi) is 5.06. The number of benzene rings is 1. The van der Waals surface area contributed by atoms with Crippen molar-refractivity contribution in [2.24, 2.45) is 0 Å². The lowest BCUT2D eigenvalue weighted by Crippen LogP contribution is -2.49. The average molecular weight is 377 g/mol. The number of anilines is 1. The molecule has 1 N–H and O–H groups in total. The van der Waals surface area contributed by atoms with Crippen LogP contribution >= 0.6 is 0 Å². The Hall–Kier alpha value is -3.22. The third-order valence-electron chi connectivity index (χ3n) is 5.19. The van der Waals surface area contributed by atoms with E-state index in [2.05, 4.69) is 19.9 Å². The molecule has 1 aliphatic heterocycles. The van der Waals surface area contributed by atoms with Crippen molar-refractivity contribution < 1.29 is 4.79 Å². The average Bonchev–Trinajstić information content (AvgIpc) is 2.73. The first kappa shape index (κ1) is 18.2. The summed E-state index contributed by atoms with van der Waals surface area (Å²) >= 11 is 0. The van der Waals surface area contributed by atoms with Gasteiger partial charge in [0, 0.05) is 56.1 Å². The van der Waals surface area contributed by atoms with Crippen molar-refractivity contribution >= 4 is 22.8 Å². The highest BCUT2D eigenvalue weighted by atomic mass is 16.2. The van der Waals surface area contributed by atoms with E-state index in [1.165, 1.54) is 0 Å². The van der Waals surface area contributed by atoms with Crippen LogP contribution in [-0.2, 0) is 11.2 Å². The normalized spacial score (nSPS) is 14.5. The van der Waals surface area contributed by atoms with Crippen LogP contribution in [0.5, 0.6) is 0 Å². The zero-order valence-corrected chi connectivity index (χ0v) is 15.9. The second kappa shape index (κ2) is 7.80. The highest BCUT2D eigenvalue weighted by Gasteiger charge is 2.22. The van der Waals surface area contributed by atoms with E-state index in [1.807, 2.05) is 29.2 Å². The molecule has 2 aromatic heterocycles. The first-order valence-electron chi connectivity index (χ1n) is 9.52. The third-order valence-corrected chi connectivity index (χ3v) is 5.19. The van der Waals surface area contributed by atoms with Gasteiger partial charge >= 0.3 is 0 Å². The Morgan fingerprint density at radius 3 is 2.61 bits per heavy atom. The van der Waals surface area contributed by atoms with Crippen molar-refractivity contribution in [3.63, 3.8) is 0 Å². The molecule has 0 unspecified atom stereocenters. The van der Waals surface area contributed by atoms with Crippen LogP contribution in [0.15, 0.2) is 47.5 Å². The van der Waals surface area contributed by atoms with E-state index in [0.717, 1.165) is 35.5 Å². The fourth-order valence-electron chi connectivity index (χ4n) is 3.53. The van der Waals surface area contributed by atoms with Crippen LogP contribution in [0, 0.1) is 6.92 Å². The number of aromatic amines is 1. The number of aromatic nitrogens is 3. The Bertz CT molecular complexity index is 1040. The van der Waals surface area contributed by atoms with Gasteiger partial charge in [0.1, 0.15) is 0 Å². The molecule has 1 fully saturated rings. The van der Waals surface area contributed by atoms with Gasteiger partial charge in [-0.15, -0.1) is 0 Å². The van der Waals surface area contributed by atoms with Gasteiger partial charge in [0.2, 0.25) is 11.9 Å². The number of carbonyl (C=O) groups excluding carboxylic acids is 1. The molecule has 0 atom stereocenters. The summed E-state index contributed by atoms with van der Waals surface area (Å²) in [6.45, 7) is 4.65. The largest absolute Gasteiger partial charge is 0.339 e. The monoisotopic (exact) mass is 377 g/mol. The number of piperazine rings is 1. The maximum absolute atomic E-state index is 12.6. The van der Waals surface area contributed by atoms with Crippen LogP contribution < -0.4 is 10.5 Å². The number of aryl methyl sites for hydroxylation is 2. The number of hydrogen-bond donors (Lipinski definition) is 1. The van der Waals surface area contributed by atoms with Gasteiger partial charge in [-0.25, -0.2) is 9.97 Å². The Morgan fingerprint density at radius 1 is 1.11 bits per heavy atom. The predicted molar refractivity (Wildman–Crippen MR) is 108 cm³/mol. The van der Waals surface area contributed by atoms with Crippen LogP contribution in [0.2, 0.25) is 0 Å². The lowest BCUT2D eigenvalue weighted by molar-refractivity contribution is -0.131. The molecule has 28 heavy (non-hydrogen) atoms. The van der Waals surface area contributed by atoms with E-state index in [4.69, 9.17) is 0 Å². The summed E-state index contributed by atoms with van der Waals surface area (Å²) in [5, 5.41) is 1.01. The van der Waals surface area contributed by atoms with Crippen molar-refractivity contribution in [1.82, 2.24) is 19.9 Å². The molecule has 7 nitrogen and oxygen atoms in total. The number of fused-ring (bicyclic) bond motifs is 1. The molecule has 1 aromatic carbocycles. The Morgan fingerprint density at radius 2 is 1.86 bits per heavy atom. The summed E-state index contributed by atoms with van der Waals surface area (Å²) in [5.41, 5.74) is 2.50. The smallest absolute Gasteiger partial charge is 0.251 e. The summed E-state index contributed by atoms with van der Waals surface area (Å²) < 4.78 is 0. The number of pyridine rings is 1. The SMILES string of the molecule is Cc1cc2ccc(CCC(=O)N3CCN(c4ncccn4)CC3)cc2[nH]c1=O. The molecule has 1 amide bonds. The predicted octanol–water partition coefficient (Wildman–Crippen LogP) is 1.91. The first-order chi connectivity index (χ1) is 13.6. The van der Waals surface area contributed by atoms with Gasteiger partial charge in [0.15, 0.2) is 0 Å².